The van der Waals surface area contributed by atoms with Crippen LogP contribution < -0.4 is 0 Å². The summed E-state index contributed by atoms with van der Waals surface area (Å²) in [6.45, 7) is 6.45. The SMILES string of the molecule is CC/C=C\C/C=C\C/C=C\C/C=C\C/C=C\C/C=C\C/C=C\C/C=C\CCCCCCC(=O)OC(COC(=O)CCCCCCC)COC(=O)CCCCCCCCCCCCCCCCCCCCC/C=C\CCCCCCCCCC. The largest absolute Gasteiger partial charge is 0.462 e. The topological polar surface area (TPSA) is 78.9 Å². The third-order valence-electron chi connectivity index (χ3n) is 15.3. The van der Waals surface area contributed by atoms with Crippen LogP contribution in [0.25, 0.3) is 0 Å². The highest BCUT2D eigenvalue weighted by molar-refractivity contribution is 5.71. The molecule has 6 nitrogen and oxygen atoms in total. The zero-order chi connectivity index (χ0) is 59.9. The van der Waals surface area contributed by atoms with E-state index in [-0.39, 0.29) is 31.1 Å². The first-order chi connectivity index (χ1) is 41.0. The second kappa shape index (κ2) is 70.6. The molecule has 0 saturated heterocycles. The number of carbonyl (C=O) groups is 3. The zero-order valence-corrected chi connectivity index (χ0v) is 54.7. The molecular weight excluding hydrogens is 1020 g/mol. The smallest absolute Gasteiger partial charge is 0.306 e. The predicted octanol–water partition coefficient (Wildman–Crippen LogP) is 24.6. The molecule has 1 atom stereocenters. The predicted molar refractivity (Wildman–Crippen MR) is 362 cm³/mol. The number of unbranched alkanes of at least 4 members (excludes halogenated alkanes) is 35. The average Bonchev–Trinajstić information content (AvgIpc) is 3.48. The molecule has 0 N–H and O–H groups in total. The first kappa shape index (κ1) is 79.1. The van der Waals surface area contributed by atoms with E-state index in [0.717, 1.165) is 128 Å². The van der Waals surface area contributed by atoms with Crippen LogP contribution >= 0.6 is 0 Å². The molecule has 0 radical (unpaired) electrons. The highest BCUT2D eigenvalue weighted by Crippen LogP contribution is 2.17. The summed E-state index contributed by atoms with van der Waals surface area (Å²) < 4.78 is 16.8. The molecule has 0 aromatic rings. The highest BCUT2D eigenvalue weighted by Gasteiger charge is 2.19. The molecule has 0 aromatic carbocycles. The van der Waals surface area contributed by atoms with E-state index in [9.17, 15) is 14.4 Å². The molecule has 1 unspecified atom stereocenters. The fourth-order valence-electron chi connectivity index (χ4n) is 9.99. The Labute approximate surface area is 514 Å². The zero-order valence-electron chi connectivity index (χ0n) is 54.7. The van der Waals surface area contributed by atoms with Crippen LogP contribution in [0.2, 0.25) is 0 Å². The summed E-state index contributed by atoms with van der Waals surface area (Å²) in [5, 5.41) is 0. The minimum absolute atomic E-state index is 0.0869. The van der Waals surface area contributed by atoms with E-state index in [4.69, 9.17) is 14.2 Å². The molecule has 0 bridgehead atoms. The number of esters is 3. The normalized spacial score (nSPS) is 12.8. The molecule has 6 heteroatoms. The van der Waals surface area contributed by atoms with E-state index in [1.54, 1.807) is 0 Å². The van der Waals surface area contributed by atoms with Crippen molar-refractivity contribution in [2.75, 3.05) is 13.2 Å². The maximum atomic E-state index is 12.9. The van der Waals surface area contributed by atoms with E-state index in [1.807, 2.05) is 0 Å². The first-order valence-electron chi connectivity index (χ1n) is 35.4. The Balaban J connectivity index is 4.04. The van der Waals surface area contributed by atoms with Crippen LogP contribution in [0, 0.1) is 0 Å². The lowest BCUT2D eigenvalue weighted by molar-refractivity contribution is -0.167. The Morgan fingerprint density at radius 1 is 0.253 bits per heavy atom. The monoisotopic (exact) mass is 1150 g/mol. The fourth-order valence-corrected chi connectivity index (χ4v) is 9.99. The number of ether oxygens (including phenoxy) is 3. The summed E-state index contributed by atoms with van der Waals surface area (Å²) in [5.74, 6) is -0.917. The van der Waals surface area contributed by atoms with Crippen molar-refractivity contribution in [2.24, 2.45) is 0 Å². The molecule has 0 aromatic heterocycles. The van der Waals surface area contributed by atoms with Gasteiger partial charge in [0.2, 0.25) is 0 Å². The van der Waals surface area contributed by atoms with Gasteiger partial charge in [0.25, 0.3) is 0 Å². The van der Waals surface area contributed by atoms with Crippen molar-refractivity contribution in [2.45, 2.75) is 348 Å². The molecule has 0 aliphatic rings. The van der Waals surface area contributed by atoms with Gasteiger partial charge in [0, 0.05) is 19.3 Å². The minimum Gasteiger partial charge on any atom is -0.462 e. The van der Waals surface area contributed by atoms with E-state index in [0.29, 0.717) is 19.3 Å². The van der Waals surface area contributed by atoms with Gasteiger partial charge in [0.15, 0.2) is 6.10 Å². The van der Waals surface area contributed by atoms with Gasteiger partial charge in [-0.05, 0) is 109 Å². The van der Waals surface area contributed by atoms with E-state index >= 15 is 0 Å². The van der Waals surface area contributed by atoms with Crippen molar-refractivity contribution in [3.8, 4) is 0 Å². The van der Waals surface area contributed by atoms with Gasteiger partial charge < -0.3 is 14.2 Å². The van der Waals surface area contributed by atoms with Gasteiger partial charge in [-0.1, -0.05) is 323 Å². The standard InChI is InChI=1S/C77H132O6/c1-4-7-10-13-15-17-19-21-23-25-27-29-31-33-35-37-38-40-41-43-45-47-49-51-53-55-57-59-61-64-67-70-76(79)82-73-74(72-81-75(78)69-66-63-12-9-6-3)83-77(80)71-68-65-62-60-58-56-54-52-50-48-46-44-42-39-36-34-32-30-28-26-24-22-20-18-16-14-11-8-5-2/h8,11,16,18,22,24-25,27-28,30,34,36,42,44,48,50,54,56,74H,4-7,9-10,12-15,17,19-21,23,26,29,31-33,35,37-41,43,45-47,49,51-53,55,57-73H2,1-3H3/b11-8-,18-16-,24-22-,27-25-,30-28-,36-34-,44-42-,50-48-,56-54-. The fraction of sp³-hybridized carbons (Fsp3) is 0.727. The Kier molecular flexibility index (Phi) is 67.2. The Bertz CT molecular complexity index is 1660. The average molecular weight is 1150 g/mol. The van der Waals surface area contributed by atoms with Crippen LogP contribution in [0.1, 0.15) is 342 Å². The van der Waals surface area contributed by atoms with Gasteiger partial charge in [-0.3, -0.25) is 14.4 Å². The quantitative estimate of drug-likeness (QED) is 0.0261. The molecule has 83 heavy (non-hydrogen) atoms. The van der Waals surface area contributed by atoms with Crippen LogP contribution in [0.4, 0.5) is 0 Å². The van der Waals surface area contributed by atoms with Crippen LogP contribution in [-0.2, 0) is 28.6 Å². The van der Waals surface area contributed by atoms with Crippen molar-refractivity contribution in [1.82, 2.24) is 0 Å². The Morgan fingerprint density at radius 2 is 0.470 bits per heavy atom. The maximum Gasteiger partial charge on any atom is 0.306 e. The summed E-state index contributed by atoms with van der Waals surface area (Å²) >= 11 is 0. The second-order valence-electron chi connectivity index (χ2n) is 23.4. The summed E-state index contributed by atoms with van der Waals surface area (Å²) in [6.07, 6.45) is 97.5. The van der Waals surface area contributed by atoms with Crippen molar-refractivity contribution in [3.63, 3.8) is 0 Å². The highest BCUT2D eigenvalue weighted by atomic mass is 16.6. The van der Waals surface area contributed by atoms with Crippen LogP contribution in [0.5, 0.6) is 0 Å². The number of rotatable bonds is 64. The molecule has 0 fully saturated rings. The third kappa shape index (κ3) is 68.7. The van der Waals surface area contributed by atoms with E-state index < -0.39 is 6.10 Å². The number of allylic oxidation sites excluding steroid dienone is 18. The lowest BCUT2D eigenvalue weighted by Gasteiger charge is -2.18. The van der Waals surface area contributed by atoms with Crippen molar-refractivity contribution >= 4 is 17.9 Å². The number of carbonyl (C=O) groups excluding carboxylic acids is 3. The van der Waals surface area contributed by atoms with Gasteiger partial charge >= 0.3 is 17.9 Å². The Morgan fingerprint density at radius 3 is 0.747 bits per heavy atom. The number of hydrogen-bond acceptors (Lipinski definition) is 6. The molecule has 0 aliphatic heterocycles. The lowest BCUT2D eigenvalue weighted by Crippen LogP contribution is -2.30. The van der Waals surface area contributed by atoms with Crippen molar-refractivity contribution in [1.29, 1.82) is 0 Å². The molecule has 0 spiro atoms. The summed E-state index contributed by atoms with van der Waals surface area (Å²) in [7, 11) is 0. The van der Waals surface area contributed by atoms with Gasteiger partial charge in [0.1, 0.15) is 13.2 Å². The number of hydrogen-bond donors (Lipinski definition) is 0. The molecular formula is C77H132O6. The van der Waals surface area contributed by atoms with Gasteiger partial charge in [0.05, 0.1) is 0 Å². The lowest BCUT2D eigenvalue weighted by atomic mass is 10.0. The molecule has 0 rings (SSSR count). The van der Waals surface area contributed by atoms with Crippen LogP contribution in [0.3, 0.4) is 0 Å². The van der Waals surface area contributed by atoms with E-state index in [2.05, 4.69) is 130 Å². The molecule has 0 amide bonds. The molecule has 0 heterocycles. The summed E-state index contributed by atoms with van der Waals surface area (Å²) in [6, 6.07) is 0. The van der Waals surface area contributed by atoms with Crippen molar-refractivity contribution < 1.29 is 28.6 Å². The van der Waals surface area contributed by atoms with Gasteiger partial charge in [-0.25, -0.2) is 0 Å². The first-order valence-corrected chi connectivity index (χ1v) is 35.4. The summed E-state index contributed by atoms with van der Waals surface area (Å²) in [5.41, 5.74) is 0. The third-order valence-corrected chi connectivity index (χ3v) is 15.3. The molecule has 0 aliphatic carbocycles. The Hall–Kier alpha value is -3.93. The summed E-state index contributed by atoms with van der Waals surface area (Å²) in [4.78, 5) is 38.0. The van der Waals surface area contributed by atoms with Crippen molar-refractivity contribution in [3.05, 3.63) is 109 Å². The van der Waals surface area contributed by atoms with Crippen LogP contribution in [0.15, 0.2) is 109 Å². The van der Waals surface area contributed by atoms with Gasteiger partial charge in [-0.15, -0.1) is 0 Å². The van der Waals surface area contributed by atoms with E-state index in [1.165, 1.54) is 173 Å². The maximum absolute atomic E-state index is 12.9. The second-order valence-corrected chi connectivity index (χ2v) is 23.4. The van der Waals surface area contributed by atoms with Gasteiger partial charge in [-0.2, -0.15) is 0 Å². The molecule has 0 saturated carbocycles. The minimum atomic E-state index is -0.790. The van der Waals surface area contributed by atoms with Crippen LogP contribution in [-0.4, -0.2) is 37.2 Å². The molecule has 476 valence electrons.